The van der Waals surface area contributed by atoms with Crippen LogP contribution in [0.15, 0.2) is 18.2 Å². The lowest BCUT2D eigenvalue weighted by Gasteiger charge is -2.09. The first kappa shape index (κ1) is 16.4. The van der Waals surface area contributed by atoms with Crippen molar-refractivity contribution in [3.05, 3.63) is 28.2 Å². The number of halogens is 2. The predicted octanol–water partition coefficient (Wildman–Crippen LogP) is 2.29. The van der Waals surface area contributed by atoms with Gasteiger partial charge in [-0.25, -0.2) is 0 Å². The monoisotopic (exact) mass is 322 g/mol. The van der Waals surface area contributed by atoms with E-state index >= 15 is 0 Å². The van der Waals surface area contributed by atoms with Crippen LogP contribution in [0.3, 0.4) is 0 Å². The SMILES string of the molecule is CCS(=O)CCNCC(=O)Nc1c(Cl)cccc1Cl. The Hall–Kier alpha value is -0.620. The summed E-state index contributed by atoms with van der Waals surface area (Å²) in [7, 11) is -0.823. The largest absolute Gasteiger partial charge is 0.322 e. The summed E-state index contributed by atoms with van der Waals surface area (Å²) in [5.74, 6) is 0.928. The van der Waals surface area contributed by atoms with Crippen molar-refractivity contribution >= 4 is 45.6 Å². The Morgan fingerprint density at radius 3 is 2.53 bits per heavy atom. The van der Waals surface area contributed by atoms with E-state index in [1.165, 1.54) is 0 Å². The van der Waals surface area contributed by atoms with E-state index in [9.17, 15) is 9.00 Å². The van der Waals surface area contributed by atoms with Gasteiger partial charge in [-0.2, -0.15) is 0 Å². The van der Waals surface area contributed by atoms with Crippen LogP contribution in [0.4, 0.5) is 5.69 Å². The number of carbonyl (C=O) groups excluding carboxylic acids is 1. The van der Waals surface area contributed by atoms with Crippen LogP contribution < -0.4 is 10.6 Å². The summed E-state index contributed by atoms with van der Waals surface area (Å²) in [6.07, 6.45) is 0. The summed E-state index contributed by atoms with van der Waals surface area (Å²) in [5.41, 5.74) is 0.412. The highest BCUT2D eigenvalue weighted by molar-refractivity contribution is 7.84. The van der Waals surface area contributed by atoms with Crippen LogP contribution in [0, 0.1) is 0 Å². The highest BCUT2D eigenvalue weighted by Crippen LogP contribution is 2.29. The smallest absolute Gasteiger partial charge is 0.238 e. The van der Waals surface area contributed by atoms with Gasteiger partial charge in [-0.05, 0) is 12.1 Å². The maximum atomic E-state index is 11.7. The fraction of sp³-hybridized carbons (Fsp3) is 0.417. The number of anilines is 1. The number of rotatable bonds is 7. The van der Waals surface area contributed by atoms with Gasteiger partial charge in [-0.3, -0.25) is 9.00 Å². The number of carbonyl (C=O) groups is 1. The van der Waals surface area contributed by atoms with Gasteiger partial charge in [0.1, 0.15) is 0 Å². The number of hydrogen-bond acceptors (Lipinski definition) is 3. The summed E-state index contributed by atoms with van der Waals surface area (Å²) >= 11 is 11.9. The van der Waals surface area contributed by atoms with Gasteiger partial charge >= 0.3 is 0 Å². The molecule has 19 heavy (non-hydrogen) atoms. The maximum absolute atomic E-state index is 11.7. The molecule has 1 atom stereocenters. The van der Waals surface area contributed by atoms with Crippen LogP contribution in [-0.2, 0) is 15.6 Å². The fourth-order valence-electron chi connectivity index (χ4n) is 1.33. The average molecular weight is 323 g/mol. The molecule has 0 fully saturated rings. The first-order valence-electron chi connectivity index (χ1n) is 5.84. The first-order chi connectivity index (χ1) is 9.04. The minimum Gasteiger partial charge on any atom is -0.322 e. The lowest BCUT2D eigenvalue weighted by Crippen LogP contribution is -2.31. The fourth-order valence-corrected chi connectivity index (χ4v) is 2.49. The molecule has 106 valence electrons. The number of para-hydroxylation sites is 1. The minimum atomic E-state index is -0.823. The zero-order valence-corrected chi connectivity index (χ0v) is 12.9. The Balaban J connectivity index is 2.37. The van der Waals surface area contributed by atoms with Crippen molar-refractivity contribution in [1.29, 1.82) is 0 Å². The van der Waals surface area contributed by atoms with E-state index in [2.05, 4.69) is 10.6 Å². The third-order valence-corrected chi connectivity index (χ3v) is 4.27. The maximum Gasteiger partial charge on any atom is 0.238 e. The van der Waals surface area contributed by atoms with Gasteiger partial charge < -0.3 is 10.6 Å². The second-order valence-corrected chi connectivity index (χ2v) is 6.43. The van der Waals surface area contributed by atoms with Crippen molar-refractivity contribution in [3.8, 4) is 0 Å². The Morgan fingerprint density at radius 1 is 1.32 bits per heavy atom. The normalized spacial score (nSPS) is 12.2. The molecular weight excluding hydrogens is 307 g/mol. The van der Waals surface area contributed by atoms with Crippen molar-refractivity contribution < 1.29 is 9.00 Å². The molecule has 2 N–H and O–H groups in total. The number of hydrogen-bond donors (Lipinski definition) is 2. The molecule has 0 bridgehead atoms. The lowest BCUT2D eigenvalue weighted by atomic mass is 10.3. The van der Waals surface area contributed by atoms with Gasteiger partial charge in [0.25, 0.3) is 0 Å². The van der Waals surface area contributed by atoms with Gasteiger partial charge in [-0.15, -0.1) is 0 Å². The minimum absolute atomic E-state index is 0.127. The standard InChI is InChI=1S/C12H16Cl2N2O2S/c1-2-19(18)7-6-15-8-11(17)16-12-9(13)4-3-5-10(12)14/h3-5,15H,2,6-8H2,1H3,(H,16,17). The second-order valence-electron chi connectivity index (χ2n) is 3.75. The van der Waals surface area contributed by atoms with Crippen LogP contribution >= 0.6 is 23.2 Å². The molecule has 1 rings (SSSR count). The van der Waals surface area contributed by atoms with Gasteiger partial charge in [0.15, 0.2) is 0 Å². The van der Waals surface area contributed by atoms with Crippen molar-refractivity contribution in [2.75, 3.05) is 29.9 Å². The molecule has 7 heteroatoms. The Morgan fingerprint density at radius 2 is 1.95 bits per heavy atom. The highest BCUT2D eigenvalue weighted by Gasteiger charge is 2.09. The van der Waals surface area contributed by atoms with Gasteiger partial charge in [0.2, 0.25) is 5.91 Å². The zero-order chi connectivity index (χ0) is 14.3. The van der Waals surface area contributed by atoms with Crippen molar-refractivity contribution in [3.63, 3.8) is 0 Å². The van der Waals surface area contributed by atoms with Gasteiger partial charge in [0, 0.05) is 28.9 Å². The Bertz CT molecular complexity index is 449. The molecule has 4 nitrogen and oxygen atoms in total. The van der Waals surface area contributed by atoms with Gasteiger partial charge in [0.05, 0.1) is 22.3 Å². The molecule has 1 unspecified atom stereocenters. The molecule has 1 aromatic carbocycles. The molecule has 1 amide bonds. The van der Waals surface area contributed by atoms with Crippen molar-refractivity contribution in [2.24, 2.45) is 0 Å². The van der Waals surface area contributed by atoms with Gasteiger partial charge in [-0.1, -0.05) is 36.2 Å². The van der Waals surface area contributed by atoms with E-state index in [1.54, 1.807) is 18.2 Å². The molecule has 0 saturated carbocycles. The summed E-state index contributed by atoms with van der Waals surface area (Å²) in [6.45, 7) is 2.52. The molecule has 0 aliphatic carbocycles. The van der Waals surface area contributed by atoms with E-state index in [4.69, 9.17) is 23.2 Å². The van der Waals surface area contributed by atoms with Crippen molar-refractivity contribution in [2.45, 2.75) is 6.92 Å². The van der Waals surface area contributed by atoms with E-state index in [0.29, 0.717) is 33.8 Å². The topological polar surface area (TPSA) is 58.2 Å². The first-order valence-corrected chi connectivity index (χ1v) is 8.08. The van der Waals surface area contributed by atoms with Crippen LogP contribution in [0.5, 0.6) is 0 Å². The van der Waals surface area contributed by atoms with E-state index in [-0.39, 0.29) is 12.5 Å². The van der Waals surface area contributed by atoms with E-state index < -0.39 is 10.8 Å². The van der Waals surface area contributed by atoms with Crippen molar-refractivity contribution in [1.82, 2.24) is 5.32 Å². The predicted molar refractivity (Wildman–Crippen MR) is 81.5 cm³/mol. The molecule has 0 aromatic heterocycles. The lowest BCUT2D eigenvalue weighted by molar-refractivity contribution is -0.115. The van der Waals surface area contributed by atoms with Crippen LogP contribution in [0.25, 0.3) is 0 Å². The van der Waals surface area contributed by atoms with E-state index in [1.807, 2.05) is 6.92 Å². The number of amides is 1. The van der Waals surface area contributed by atoms with E-state index in [0.717, 1.165) is 0 Å². The van der Waals surface area contributed by atoms with Crippen LogP contribution in [0.1, 0.15) is 6.92 Å². The molecule has 0 aliphatic heterocycles. The molecule has 0 saturated heterocycles. The third-order valence-electron chi connectivity index (χ3n) is 2.34. The Labute approximate surface area is 125 Å². The summed E-state index contributed by atoms with van der Waals surface area (Å²) in [4.78, 5) is 11.7. The molecule has 0 radical (unpaired) electrons. The second kappa shape index (κ2) is 8.53. The number of nitrogens with one attached hydrogen (secondary N) is 2. The summed E-state index contributed by atoms with van der Waals surface area (Å²) in [6, 6.07) is 5.01. The average Bonchev–Trinajstić information content (AvgIpc) is 2.39. The molecule has 0 heterocycles. The zero-order valence-electron chi connectivity index (χ0n) is 10.5. The quantitative estimate of drug-likeness (QED) is 0.757. The molecule has 1 aromatic rings. The molecular formula is C12H16Cl2N2O2S. The van der Waals surface area contributed by atoms with Crippen LogP contribution in [0.2, 0.25) is 10.0 Å². The van der Waals surface area contributed by atoms with Crippen LogP contribution in [-0.4, -0.2) is 34.7 Å². The number of benzene rings is 1. The third kappa shape index (κ3) is 5.91. The molecule has 0 spiro atoms. The summed E-state index contributed by atoms with van der Waals surface area (Å²) in [5, 5.41) is 6.35. The highest BCUT2D eigenvalue weighted by atomic mass is 35.5. The Kier molecular flexibility index (Phi) is 7.38. The summed E-state index contributed by atoms with van der Waals surface area (Å²) < 4.78 is 11.2. The molecule has 0 aliphatic rings.